The molecule has 0 radical (unpaired) electrons. The summed E-state index contributed by atoms with van der Waals surface area (Å²) in [5.41, 5.74) is -2.17. The zero-order valence-electron chi connectivity index (χ0n) is 15.4. The molecule has 0 spiro atoms. The van der Waals surface area contributed by atoms with Crippen LogP contribution in [0.5, 0.6) is 0 Å². The molecule has 0 aromatic heterocycles. The van der Waals surface area contributed by atoms with Crippen LogP contribution >= 0.6 is 15.9 Å². The molecule has 1 N–H and O–H groups in total. The number of carbonyl (C=O) groups is 2. The Kier molecular flexibility index (Phi) is 4.20. The van der Waals surface area contributed by atoms with Gasteiger partial charge in [-0.25, -0.2) is 0 Å². The van der Waals surface area contributed by atoms with Crippen LogP contribution in [0, 0.1) is 0 Å². The van der Waals surface area contributed by atoms with Crippen LogP contribution < -0.4 is 0 Å². The van der Waals surface area contributed by atoms with E-state index in [1.165, 1.54) is 0 Å². The third-order valence-electron chi connectivity index (χ3n) is 5.45. The number of fused-ring (bicyclic) bond motifs is 3. The Labute approximate surface area is 165 Å². The average molecular weight is 441 g/mol. The quantitative estimate of drug-likeness (QED) is 0.567. The Morgan fingerprint density at radius 3 is 2.26 bits per heavy atom. The Bertz CT molecular complexity index is 803. The van der Waals surface area contributed by atoms with Gasteiger partial charge in [0.2, 0.25) is 11.6 Å². The minimum absolute atomic E-state index is 0.247. The minimum Gasteiger partial charge on any atom is -0.379 e. The second-order valence-corrected chi connectivity index (χ2v) is 8.98. The maximum Gasteiger partial charge on any atom is 0.234 e. The van der Waals surface area contributed by atoms with Gasteiger partial charge in [0.1, 0.15) is 17.8 Å². The van der Waals surface area contributed by atoms with E-state index < -0.39 is 53.2 Å². The van der Waals surface area contributed by atoms with Crippen molar-refractivity contribution in [3.8, 4) is 0 Å². The van der Waals surface area contributed by atoms with Crippen molar-refractivity contribution in [2.75, 3.05) is 0 Å². The Morgan fingerprint density at radius 2 is 1.67 bits per heavy atom. The van der Waals surface area contributed by atoms with Crippen molar-refractivity contribution in [1.29, 1.82) is 0 Å². The molecular weight excluding hydrogens is 420 g/mol. The molecule has 8 heteroatoms. The third-order valence-corrected chi connectivity index (χ3v) is 5.97. The zero-order chi connectivity index (χ0) is 19.8. The molecule has 3 heterocycles. The molecule has 3 fully saturated rings. The topological polar surface area (TPSA) is 91.3 Å². The average Bonchev–Trinajstić information content (AvgIpc) is 2.92. The lowest BCUT2D eigenvalue weighted by Crippen LogP contribution is -2.83. The van der Waals surface area contributed by atoms with Crippen molar-refractivity contribution >= 4 is 27.5 Å². The highest BCUT2D eigenvalue weighted by Gasteiger charge is 2.76. The zero-order valence-corrected chi connectivity index (χ0v) is 17.0. The largest absolute Gasteiger partial charge is 0.379 e. The highest BCUT2D eigenvalue weighted by Crippen LogP contribution is 2.54. The van der Waals surface area contributed by atoms with E-state index in [0.717, 1.165) is 4.47 Å². The Hall–Kier alpha value is -1.16. The number of hydrogen-bond acceptors (Lipinski definition) is 7. The van der Waals surface area contributed by atoms with Crippen molar-refractivity contribution in [2.45, 2.75) is 69.3 Å². The molecule has 3 aliphatic heterocycles. The second kappa shape index (κ2) is 5.92. The maximum atomic E-state index is 12.9. The summed E-state index contributed by atoms with van der Waals surface area (Å²) in [7, 11) is 0. The van der Waals surface area contributed by atoms with Gasteiger partial charge in [-0.1, -0.05) is 15.9 Å². The number of rotatable bonds is 3. The molecular formula is C19H21BrO7. The summed E-state index contributed by atoms with van der Waals surface area (Å²) in [4.78, 5) is 25.6. The van der Waals surface area contributed by atoms with Gasteiger partial charge in [-0.15, -0.1) is 0 Å². The lowest BCUT2D eigenvalue weighted by molar-refractivity contribution is -0.458. The maximum absolute atomic E-state index is 12.9. The fourth-order valence-electron chi connectivity index (χ4n) is 3.93. The van der Waals surface area contributed by atoms with Crippen LogP contribution in [0.2, 0.25) is 0 Å². The van der Waals surface area contributed by atoms with E-state index in [9.17, 15) is 14.7 Å². The summed E-state index contributed by atoms with van der Waals surface area (Å²) in [6.07, 6.45) is -4.08. The first-order chi connectivity index (χ1) is 12.5. The van der Waals surface area contributed by atoms with E-state index in [2.05, 4.69) is 15.9 Å². The van der Waals surface area contributed by atoms with Crippen molar-refractivity contribution < 1.29 is 33.6 Å². The molecule has 0 aliphatic carbocycles. The van der Waals surface area contributed by atoms with E-state index in [1.54, 1.807) is 52.0 Å². The first kappa shape index (κ1) is 19.2. The van der Waals surface area contributed by atoms with Gasteiger partial charge in [-0.2, -0.15) is 0 Å². The van der Waals surface area contributed by atoms with Crippen LogP contribution in [0.4, 0.5) is 0 Å². The molecule has 146 valence electrons. The van der Waals surface area contributed by atoms with Crippen LogP contribution in [0.3, 0.4) is 0 Å². The number of hydrogen-bond donors (Lipinski definition) is 1. The van der Waals surface area contributed by atoms with Gasteiger partial charge in [0.05, 0.1) is 0 Å². The summed E-state index contributed by atoms with van der Waals surface area (Å²) in [5.74, 6) is -2.48. The Morgan fingerprint density at radius 1 is 1.04 bits per heavy atom. The van der Waals surface area contributed by atoms with Gasteiger partial charge in [-0.3, -0.25) is 9.59 Å². The highest BCUT2D eigenvalue weighted by molar-refractivity contribution is 9.10. The van der Waals surface area contributed by atoms with Crippen LogP contribution in [0.1, 0.15) is 38.1 Å². The molecule has 27 heavy (non-hydrogen) atoms. The second-order valence-electron chi connectivity index (χ2n) is 8.06. The number of benzene rings is 1. The summed E-state index contributed by atoms with van der Waals surface area (Å²) in [5, 5.41) is 11.2. The van der Waals surface area contributed by atoms with Gasteiger partial charge >= 0.3 is 0 Å². The van der Waals surface area contributed by atoms with Crippen molar-refractivity contribution in [2.24, 2.45) is 0 Å². The third kappa shape index (κ3) is 2.73. The molecule has 1 aromatic rings. The lowest BCUT2D eigenvalue weighted by atomic mass is 9.70. The van der Waals surface area contributed by atoms with E-state index in [0.29, 0.717) is 0 Å². The first-order valence-corrected chi connectivity index (χ1v) is 9.51. The van der Waals surface area contributed by atoms with Crippen molar-refractivity contribution in [1.82, 2.24) is 0 Å². The number of ether oxygens (including phenoxy) is 4. The fourth-order valence-corrected chi connectivity index (χ4v) is 4.20. The van der Waals surface area contributed by atoms with E-state index in [4.69, 9.17) is 18.9 Å². The predicted octanol–water partition coefficient (Wildman–Crippen LogP) is 1.99. The Balaban J connectivity index is 1.65. The first-order valence-electron chi connectivity index (χ1n) is 8.72. The fraction of sp³-hybridized carbons (Fsp3) is 0.579. The normalized spacial score (nSPS) is 38.4. The van der Waals surface area contributed by atoms with Gasteiger partial charge in [0.25, 0.3) is 0 Å². The molecule has 4 rings (SSSR count). The van der Waals surface area contributed by atoms with E-state index in [1.807, 2.05) is 0 Å². The summed E-state index contributed by atoms with van der Waals surface area (Å²) < 4.78 is 23.9. The molecule has 3 saturated heterocycles. The monoisotopic (exact) mass is 440 g/mol. The number of carbonyl (C=O) groups excluding carboxylic acids is 2. The number of halogens is 1. The van der Waals surface area contributed by atoms with Crippen molar-refractivity contribution in [3.05, 3.63) is 34.3 Å². The van der Waals surface area contributed by atoms with Crippen LogP contribution in [-0.2, 0) is 23.7 Å². The standard InChI is InChI=1S/C19H21BrO7/c1-17(2)19(23)15-14(25-18(3,4)26-15)13(24-16(19)27-17)12(22)11(21)9-5-7-10(20)8-6-9/h5-8,13-16,23H,1-4H3/t13-,14+,15+,16-,19-/m1/s1. The number of aliphatic hydroxyl groups is 1. The summed E-state index contributed by atoms with van der Waals surface area (Å²) >= 11 is 3.29. The lowest BCUT2D eigenvalue weighted by Gasteiger charge is -2.62. The van der Waals surface area contributed by atoms with Crippen LogP contribution in [0.25, 0.3) is 0 Å². The number of Topliss-reactive ketones (excluding diaryl/α,β-unsaturated/α-hetero) is 2. The van der Waals surface area contributed by atoms with E-state index in [-0.39, 0.29) is 5.56 Å². The predicted molar refractivity (Wildman–Crippen MR) is 96.1 cm³/mol. The van der Waals surface area contributed by atoms with Crippen LogP contribution in [-0.4, -0.2) is 58.3 Å². The molecule has 0 amide bonds. The molecule has 5 atom stereocenters. The molecule has 1 aromatic carbocycles. The molecule has 3 aliphatic rings. The number of ketones is 2. The highest BCUT2D eigenvalue weighted by atomic mass is 79.9. The van der Waals surface area contributed by atoms with E-state index >= 15 is 0 Å². The van der Waals surface area contributed by atoms with Gasteiger partial charge in [-0.05, 0) is 52.0 Å². The minimum atomic E-state index is -1.48. The van der Waals surface area contributed by atoms with Crippen LogP contribution in [0.15, 0.2) is 28.7 Å². The molecule has 7 nitrogen and oxygen atoms in total. The summed E-state index contributed by atoms with van der Waals surface area (Å²) in [6, 6.07) is 6.47. The van der Waals surface area contributed by atoms with Gasteiger partial charge in [0, 0.05) is 10.0 Å². The van der Waals surface area contributed by atoms with Crippen molar-refractivity contribution in [3.63, 3.8) is 0 Å². The molecule has 0 unspecified atom stereocenters. The van der Waals surface area contributed by atoms with Gasteiger partial charge in [0.15, 0.2) is 23.8 Å². The summed E-state index contributed by atoms with van der Waals surface area (Å²) in [6.45, 7) is 6.81. The smallest absolute Gasteiger partial charge is 0.234 e. The molecule has 0 saturated carbocycles. The van der Waals surface area contributed by atoms with Gasteiger partial charge < -0.3 is 24.1 Å². The SMILES string of the molecule is CC1(C)O[C@H]2[C@@H](C(=O)C(=O)c3ccc(Br)cc3)O[C@@H]3OC(C)(C)[C@@]3(O)[C@H]2O1. The molecule has 0 bridgehead atoms.